The molecule has 2 rings (SSSR count). The minimum atomic E-state index is -0.377. The zero-order chi connectivity index (χ0) is 18.2. The number of hydrazine groups is 1. The molecule has 25 heavy (non-hydrogen) atoms. The highest BCUT2D eigenvalue weighted by molar-refractivity contribution is 5.95. The second-order valence-electron chi connectivity index (χ2n) is 6.41. The Hall–Kier alpha value is -2.82. The van der Waals surface area contributed by atoms with Gasteiger partial charge < -0.3 is 4.74 Å². The number of amides is 2. The van der Waals surface area contributed by atoms with Gasteiger partial charge in [0.2, 0.25) is 5.91 Å². The molecule has 0 unspecified atom stereocenters. The Morgan fingerprint density at radius 1 is 1.04 bits per heavy atom. The first-order valence-electron chi connectivity index (χ1n) is 8.31. The van der Waals surface area contributed by atoms with Crippen molar-refractivity contribution in [1.82, 2.24) is 10.9 Å². The summed E-state index contributed by atoms with van der Waals surface area (Å²) in [6, 6.07) is 14.9. The molecule has 0 aliphatic carbocycles. The van der Waals surface area contributed by atoms with Gasteiger partial charge in [-0.05, 0) is 36.6 Å². The lowest BCUT2D eigenvalue weighted by Gasteiger charge is -2.10. The number of benzene rings is 2. The molecule has 5 nitrogen and oxygen atoms in total. The van der Waals surface area contributed by atoms with Crippen LogP contribution in [0.4, 0.5) is 0 Å². The second-order valence-corrected chi connectivity index (χ2v) is 6.41. The lowest BCUT2D eigenvalue weighted by Crippen LogP contribution is -2.42. The average molecular weight is 340 g/mol. The van der Waals surface area contributed by atoms with Crippen molar-refractivity contribution in [3.8, 4) is 5.75 Å². The van der Waals surface area contributed by atoms with Crippen molar-refractivity contribution in [2.75, 3.05) is 0 Å². The minimum Gasteiger partial charge on any atom is -0.489 e. The number of carbonyl (C=O) groups excluding carboxylic acids is 2. The number of rotatable bonds is 6. The molecule has 0 aliphatic heterocycles. The lowest BCUT2D eigenvalue weighted by molar-refractivity contribution is -0.122. The number of hydrogen-bond acceptors (Lipinski definition) is 3. The molecule has 0 atom stereocenters. The summed E-state index contributed by atoms with van der Waals surface area (Å²) < 4.78 is 5.75. The molecule has 2 aromatic rings. The molecule has 0 fully saturated rings. The summed E-state index contributed by atoms with van der Waals surface area (Å²) in [7, 11) is 0. The van der Waals surface area contributed by atoms with E-state index >= 15 is 0 Å². The van der Waals surface area contributed by atoms with Crippen LogP contribution >= 0.6 is 0 Å². The normalized spacial score (nSPS) is 10.4. The first-order valence-corrected chi connectivity index (χ1v) is 8.31. The highest BCUT2D eigenvalue weighted by Gasteiger charge is 2.09. The van der Waals surface area contributed by atoms with Crippen molar-refractivity contribution < 1.29 is 14.3 Å². The van der Waals surface area contributed by atoms with Crippen LogP contribution < -0.4 is 15.6 Å². The van der Waals surface area contributed by atoms with Crippen molar-refractivity contribution in [3.63, 3.8) is 0 Å². The first kappa shape index (κ1) is 18.5. The van der Waals surface area contributed by atoms with E-state index in [1.807, 2.05) is 39.0 Å². The summed E-state index contributed by atoms with van der Waals surface area (Å²) in [6.07, 6.45) is 0.361. The summed E-state index contributed by atoms with van der Waals surface area (Å²) in [6.45, 7) is 6.34. The van der Waals surface area contributed by atoms with Gasteiger partial charge in [-0.2, -0.15) is 0 Å². The third kappa shape index (κ3) is 6.30. The summed E-state index contributed by atoms with van der Waals surface area (Å²) in [5.41, 5.74) is 7.50. The predicted octanol–water partition coefficient (Wildman–Crippen LogP) is 3.38. The Labute approximate surface area is 148 Å². The highest BCUT2D eigenvalue weighted by Crippen LogP contribution is 2.15. The first-order chi connectivity index (χ1) is 11.9. The maximum Gasteiger partial charge on any atom is 0.269 e. The van der Waals surface area contributed by atoms with Gasteiger partial charge in [-0.25, -0.2) is 0 Å². The van der Waals surface area contributed by atoms with E-state index < -0.39 is 0 Å². The third-order valence-electron chi connectivity index (χ3n) is 3.49. The molecular formula is C20H24N2O3. The Bertz CT molecular complexity index is 741. The molecule has 0 spiro atoms. The largest absolute Gasteiger partial charge is 0.489 e. The van der Waals surface area contributed by atoms with Gasteiger partial charge in [-0.3, -0.25) is 20.4 Å². The third-order valence-corrected chi connectivity index (χ3v) is 3.49. The summed E-state index contributed by atoms with van der Waals surface area (Å²) in [4.78, 5) is 23.7. The second kappa shape index (κ2) is 8.87. The molecule has 132 valence electrons. The molecule has 0 aliphatic rings. The number of ether oxygens (including phenoxy) is 1. The monoisotopic (exact) mass is 340 g/mol. The van der Waals surface area contributed by atoms with Crippen molar-refractivity contribution in [3.05, 3.63) is 65.2 Å². The van der Waals surface area contributed by atoms with Crippen molar-refractivity contribution >= 4 is 11.8 Å². The zero-order valence-electron chi connectivity index (χ0n) is 14.8. The van der Waals surface area contributed by atoms with Crippen molar-refractivity contribution in [1.29, 1.82) is 0 Å². The summed E-state index contributed by atoms with van der Waals surface area (Å²) >= 11 is 0. The Kier molecular flexibility index (Phi) is 6.57. The maximum atomic E-state index is 12.1. The van der Waals surface area contributed by atoms with Crippen LogP contribution in [0.3, 0.4) is 0 Å². The van der Waals surface area contributed by atoms with Crippen LogP contribution in [0, 0.1) is 12.8 Å². The molecule has 0 heterocycles. The number of nitrogens with one attached hydrogen (secondary N) is 2. The van der Waals surface area contributed by atoms with Gasteiger partial charge in [0.25, 0.3) is 5.91 Å². The van der Waals surface area contributed by atoms with Gasteiger partial charge >= 0.3 is 0 Å². The fraction of sp³-hybridized carbons (Fsp3) is 0.300. The van der Waals surface area contributed by atoms with Gasteiger partial charge in [-0.1, -0.05) is 49.7 Å². The van der Waals surface area contributed by atoms with Gasteiger partial charge in [0.15, 0.2) is 0 Å². The van der Waals surface area contributed by atoms with E-state index in [9.17, 15) is 9.59 Å². The smallest absolute Gasteiger partial charge is 0.269 e. The molecule has 0 saturated carbocycles. The lowest BCUT2D eigenvalue weighted by atomic mass is 10.1. The Balaban J connectivity index is 1.91. The van der Waals surface area contributed by atoms with E-state index in [0.717, 1.165) is 5.56 Å². The van der Waals surface area contributed by atoms with Gasteiger partial charge in [0, 0.05) is 12.0 Å². The van der Waals surface area contributed by atoms with E-state index in [2.05, 4.69) is 16.9 Å². The van der Waals surface area contributed by atoms with E-state index in [-0.39, 0.29) is 17.7 Å². The average Bonchev–Trinajstić information content (AvgIpc) is 2.57. The molecule has 0 radical (unpaired) electrons. The van der Waals surface area contributed by atoms with Crippen LogP contribution in [-0.2, 0) is 11.4 Å². The van der Waals surface area contributed by atoms with Crippen LogP contribution in [0.5, 0.6) is 5.75 Å². The molecule has 0 bridgehead atoms. The Morgan fingerprint density at radius 2 is 1.80 bits per heavy atom. The van der Waals surface area contributed by atoms with E-state index in [1.54, 1.807) is 24.3 Å². The minimum absolute atomic E-state index is 0.213. The number of aryl methyl sites for hydroxylation is 1. The van der Waals surface area contributed by atoms with E-state index in [0.29, 0.717) is 24.3 Å². The number of carbonyl (C=O) groups is 2. The van der Waals surface area contributed by atoms with Crippen LogP contribution in [0.1, 0.15) is 41.8 Å². The maximum absolute atomic E-state index is 12.1. The van der Waals surface area contributed by atoms with Crippen molar-refractivity contribution in [2.45, 2.75) is 33.8 Å². The molecule has 5 heteroatoms. The van der Waals surface area contributed by atoms with Crippen molar-refractivity contribution in [2.24, 2.45) is 5.92 Å². The predicted molar refractivity (Wildman–Crippen MR) is 97.0 cm³/mol. The quantitative estimate of drug-likeness (QED) is 0.792. The van der Waals surface area contributed by atoms with E-state index in [1.165, 1.54) is 5.56 Å². The molecule has 0 saturated heterocycles. The molecule has 2 aromatic carbocycles. The zero-order valence-corrected chi connectivity index (χ0v) is 14.8. The highest BCUT2D eigenvalue weighted by atomic mass is 16.5. The fourth-order valence-electron chi connectivity index (χ4n) is 2.32. The fourth-order valence-corrected chi connectivity index (χ4v) is 2.32. The standard InChI is InChI=1S/C20H24N2O3/c1-14(2)10-19(23)21-22-20(24)17-8-5-9-18(12-17)25-13-16-7-4-6-15(3)11-16/h4-9,11-12,14H,10,13H2,1-3H3,(H,21,23)(H,22,24). The topological polar surface area (TPSA) is 67.4 Å². The van der Waals surface area contributed by atoms with E-state index in [4.69, 9.17) is 4.74 Å². The SMILES string of the molecule is Cc1cccc(COc2cccc(C(=O)NNC(=O)CC(C)C)c2)c1. The van der Waals surface area contributed by atoms with Crippen LogP contribution in [0.25, 0.3) is 0 Å². The molecule has 2 amide bonds. The molecule has 0 aromatic heterocycles. The van der Waals surface area contributed by atoms with Gasteiger partial charge in [-0.15, -0.1) is 0 Å². The summed E-state index contributed by atoms with van der Waals surface area (Å²) in [5, 5.41) is 0. The Morgan fingerprint density at radius 3 is 2.52 bits per heavy atom. The molecule has 2 N–H and O–H groups in total. The van der Waals surface area contributed by atoms with Gasteiger partial charge in [0.05, 0.1) is 0 Å². The van der Waals surface area contributed by atoms with Crippen LogP contribution in [0.15, 0.2) is 48.5 Å². The van der Waals surface area contributed by atoms with Crippen LogP contribution in [-0.4, -0.2) is 11.8 Å². The molecular weight excluding hydrogens is 316 g/mol. The summed E-state index contributed by atoms with van der Waals surface area (Å²) in [5.74, 6) is 0.242. The number of hydrogen-bond donors (Lipinski definition) is 2. The van der Waals surface area contributed by atoms with Crippen LogP contribution in [0.2, 0.25) is 0 Å². The van der Waals surface area contributed by atoms with Gasteiger partial charge in [0.1, 0.15) is 12.4 Å².